The number of rotatable bonds is 6. The molecule has 3 saturated heterocycles. The number of hydrogen-bond acceptors (Lipinski definition) is 6. The van der Waals surface area contributed by atoms with E-state index in [1.54, 1.807) is 24.4 Å². The van der Waals surface area contributed by atoms with Gasteiger partial charge < -0.3 is 15.1 Å². The second-order valence-electron chi connectivity index (χ2n) is 13.2. The minimum absolute atomic E-state index is 0.0351. The van der Waals surface area contributed by atoms with Crippen LogP contribution in [0.3, 0.4) is 0 Å². The lowest BCUT2D eigenvalue weighted by molar-refractivity contribution is 0.0332. The second-order valence-corrected chi connectivity index (χ2v) is 13.2. The number of pyridine rings is 1. The van der Waals surface area contributed by atoms with Crippen molar-refractivity contribution < 1.29 is 13.2 Å². The highest BCUT2D eigenvalue weighted by Gasteiger charge is 2.39. The number of anilines is 1. The maximum atomic E-state index is 16.8. The smallest absolute Gasteiger partial charge is 0.175 e. The second kappa shape index (κ2) is 11.3. The average Bonchev–Trinajstić information content (AvgIpc) is 3.36. The third-order valence-electron chi connectivity index (χ3n) is 10.2. The fourth-order valence-electron chi connectivity index (χ4n) is 7.78. The zero-order valence-electron chi connectivity index (χ0n) is 25.2. The molecule has 0 aliphatic carbocycles. The zero-order valence-corrected chi connectivity index (χ0v) is 25.2. The van der Waals surface area contributed by atoms with E-state index in [-0.39, 0.29) is 34.8 Å². The SMILES string of the molecule is C#Cc1c(F)ccc2cccc(-c3ncc4c(N5C[C@H]6CC[C@@H](C5)N6)nc(CC[C@]5(C)CN(C)CC[C@@H]5CF)nc4c3F)c12. The number of halogens is 3. The van der Waals surface area contributed by atoms with Crippen molar-refractivity contribution in [1.82, 2.24) is 25.2 Å². The van der Waals surface area contributed by atoms with Crippen molar-refractivity contribution in [2.75, 3.05) is 44.8 Å². The number of likely N-dealkylation sites (tertiary alicyclic amines) is 1. The Morgan fingerprint density at radius 3 is 2.64 bits per heavy atom. The van der Waals surface area contributed by atoms with Crippen molar-refractivity contribution >= 4 is 27.5 Å². The van der Waals surface area contributed by atoms with Gasteiger partial charge in [-0.15, -0.1) is 6.42 Å². The third-order valence-corrected chi connectivity index (χ3v) is 10.2. The van der Waals surface area contributed by atoms with Crippen LogP contribution in [-0.4, -0.2) is 71.8 Å². The van der Waals surface area contributed by atoms with Gasteiger partial charge in [-0.05, 0) is 62.1 Å². The lowest BCUT2D eigenvalue weighted by Gasteiger charge is -2.44. The average molecular weight is 599 g/mol. The van der Waals surface area contributed by atoms with Crippen LogP contribution < -0.4 is 10.2 Å². The molecule has 2 aromatic carbocycles. The number of fused-ring (bicyclic) bond motifs is 4. The number of aryl methyl sites for hydroxylation is 1. The summed E-state index contributed by atoms with van der Waals surface area (Å²) in [6.07, 6.45) is 11.6. The van der Waals surface area contributed by atoms with Gasteiger partial charge in [0.1, 0.15) is 28.7 Å². The normalized spacial score (nSPS) is 25.5. The van der Waals surface area contributed by atoms with E-state index in [4.69, 9.17) is 16.4 Å². The first-order valence-electron chi connectivity index (χ1n) is 15.6. The van der Waals surface area contributed by atoms with E-state index < -0.39 is 11.6 Å². The summed E-state index contributed by atoms with van der Waals surface area (Å²) in [4.78, 5) is 18.9. The molecule has 9 heteroatoms. The summed E-state index contributed by atoms with van der Waals surface area (Å²) >= 11 is 0. The van der Waals surface area contributed by atoms with Crippen molar-refractivity contribution in [3.8, 4) is 23.6 Å². The lowest BCUT2D eigenvalue weighted by Crippen LogP contribution is -2.51. The Labute approximate surface area is 256 Å². The summed E-state index contributed by atoms with van der Waals surface area (Å²) in [7, 11) is 2.07. The molecular weight excluding hydrogens is 561 g/mol. The first-order valence-corrected chi connectivity index (χ1v) is 15.6. The number of terminal acetylenes is 1. The van der Waals surface area contributed by atoms with E-state index in [2.05, 4.69) is 40.0 Å². The van der Waals surface area contributed by atoms with Gasteiger partial charge in [0.05, 0.1) is 17.6 Å². The molecule has 4 atom stereocenters. The van der Waals surface area contributed by atoms with E-state index in [9.17, 15) is 8.78 Å². The molecule has 44 heavy (non-hydrogen) atoms. The Kier molecular flexibility index (Phi) is 7.46. The standard InChI is InChI=1S/C35H37F3N6/c1-4-25-28(37)11-8-21-6-5-7-26(30(21)25)32-31(38)33-27(17-39-32)34(44-18-23-9-10-24(19-44)40-23)42-29(41-33)12-14-35(2)20-43(3)15-13-22(35)16-36/h1,5-8,11,17,22-24,40H,9-10,12-16,18-20H2,2-3H3/t22-,23-,24+,35-/m1/s1. The molecule has 0 amide bonds. The van der Waals surface area contributed by atoms with Crippen LogP contribution in [0.4, 0.5) is 19.0 Å². The predicted octanol–water partition coefficient (Wildman–Crippen LogP) is 5.91. The molecule has 0 spiro atoms. The van der Waals surface area contributed by atoms with Gasteiger partial charge in [-0.1, -0.05) is 37.1 Å². The highest BCUT2D eigenvalue weighted by Crippen LogP contribution is 2.40. The summed E-state index contributed by atoms with van der Waals surface area (Å²) in [5.41, 5.74) is 0.506. The molecule has 0 unspecified atom stereocenters. The Bertz CT molecular complexity index is 1770. The molecule has 2 aromatic heterocycles. The van der Waals surface area contributed by atoms with Gasteiger partial charge in [-0.3, -0.25) is 9.37 Å². The van der Waals surface area contributed by atoms with Crippen LogP contribution in [0.5, 0.6) is 0 Å². The van der Waals surface area contributed by atoms with Crippen LogP contribution >= 0.6 is 0 Å². The number of piperazine rings is 1. The fraction of sp³-hybridized carbons (Fsp3) is 0.457. The molecule has 7 rings (SSSR count). The summed E-state index contributed by atoms with van der Waals surface area (Å²) in [5, 5.41) is 5.35. The van der Waals surface area contributed by atoms with Gasteiger partial charge in [0.15, 0.2) is 5.82 Å². The molecule has 3 fully saturated rings. The van der Waals surface area contributed by atoms with Crippen molar-refractivity contribution in [3.05, 3.63) is 59.6 Å². The van der Waals surface area contributed by atoms with E-state index >= 15 is 4.39 Å². The highest BCUT2D eigenvalue weighted by molar-refractivity contribution is 6.02. The lowest BCUT2D eigenvalue weighted by atomic mass is 9.70. The van der Waals surface area contributed by atoms with Crippen molar-refractivity contribution in [3.63, 3.8) is 0 Å². The number of hydrogen-bond donors (Lipinski definition) is 1. The molecule has 3 aliphatic rings. The Hall–Kier alpha value is -3.74. The van der Waals surface area contributed by atoms with E-state index in [0.29, 0.717) is 58.3 Å². The van der Waals surface area contributed by atoms with Crippen LogP contribution in [0.1, 0.15) is 44.0 Å². The van der Waals surface area contributed by atoms with Gasteiger partial charge in [-0.2, -0.15) is 0 Å². The molecule has 3 aliphatic heterocycles. The van der Waals surface area contributed by atoms with Crippen molar-refractivity contribution in [1.29, 1.82) is 0 Å². The van der Waals surface area contributed by atoms with Gasteiger partial charge in [-0.25, -0.2) is 18.7 Å². The van der Waals surface area contributed by atoms with Crippen LogP contribution in [0.15, 0.2) is 36.5 Å². The molecule has 5 heterocycles. The molecule has 2 bridgehead atoms. The Balaban J connectivity index is 1.36. The highest BCUT2D eigenvalue weighted by atomic mass is 19.1. The van der Waals surface area contributed by atoms with Crippen molar-refractivity contribution in [2.24, 2.45) is 11.3 Å². The number of alkyl halides is 1. The monoisotopic (exact) mass is 598 g/mol. The van der Waals surface area contributed by atoms with Gasteiger partial charge in [0.2, 0.25) is 0 Å². The van der Waals surface area contributed by atoms with Crippen LogP contribution in [0.25, 0.3) is 32.9 Å². The summed E-state index contributed by atoms with van der Waals surface area (Å²) in [6.45, 7) is 5.01. The first kappa shape index (κ1) is 29.0. The predicted molar refractivity (Wildman–Crippen MR) is 168 cm³/mol. The fourth-order valence-corrected chi connectivity index (χ4v) is 7.78. The minimum Gasteiger partial charge on any atom is -0.353 e. The van der Waals surface area contributed by atoms with Gasteiger partial charge in [0.25, 0.3) is 0 Å². The molecule has 6 nitrogen and oxygen atoms in total. The Morgan fingerprint density at radius 1 is 1.09 bits per heavy atom. The van der Waals surface area contributed by atoms with Gasteiger partial charge in [0, 0.05) is 55.3 Å². The maximum absolute atomic E-state index is 16.8. The summed E-state index contributed by atoms with van der Waals surface area (Å²) in [6, 6.07) is 9.01. The molecule has 228 valence electrons. The van der Waals surface area contributed by atoms with Gasteiger partial charge >= 0.3 is 0 Å². The van der Waals surface area contributed by atoms with E-state index in [1.807, 2.05) is 6.07 Å². The molecule has 4 aromatic rings. The number of aromatic nitrogens is 3. The Morgan fingerprint density at radius 2 is 1.89 bits per heavy atom. The van der Waals surface area contributed by atoms with Crippen molar-refractivity contribution in [2.45, 2.75) is 51.1 Å². The summed E-state index contributed by atoms with van der Waals surface area (Å²) in [5.74, 6) is 2.51. The number of nitrogens with zero attached hydrogens (tertiary/aromatic N) is 5. The number of nitrogens with one attached hydrogen (secondary N) is 1. The molecular formula is C35H37F3N6. The van der Waals surface area contributed by atoms with Crippen LogP contribution in [0.2, 0.25) is 0 Å². The largest absolute Gasteiger partial charge is 0.353 e. The molecule has 0 saturated carbocycles. The van der Waals surface area contributed by atoms with E-state index in [0.717, 1.165) is 45.4 Å². The quantitative estimate of drug-likeness (QED) is 0.279. The molecule has 0 radical (unpaired) electrons. The molecule has 1 N–H and O–H groups in total. The van der Waals surface area contributed by atoms with Crippen LogP contribution in [-0.2, 0) is 6.42 Å². The summed E-state index contributed by atoms with van der Waals surface area (Å²) < 4.78 is 45.7. The first-order chi connectivity index (χ1) is 21.3. The van der Waals surface area contributed by atoms with Crippen LogP contribution in [0, 0.1) is 35.3 Å². The topological polar surface area (TPSA) is 57.2 Å². The minimum atomic E-state index is -0.588. The number of benzene rings is 2. The van der Waals surface area contributed by atoms with E-state index in [1.165, 1.54) is 6.07 Å². The zero-order chi connectivity index (χ0) is 30.6. The number of piperidine rings is 1. The maximum Gasteiger partial charge on any atom is 0.175 e. The third kappa shape index (κ3) is 4.98.